The van der Waals surface area contributed by atoms with Gasteiger partial charge in [0.05, 0.1) is 5.56 Å². The maximum atomic E-state index is 11.1. The number of allylic oxidation sites excluding steroid dienone is 7. The van der Waals surface area contributed by atoms with E-state index in [-0.39, 0.29) is 11.3 Å². The van der Waals surface area contributed by atoms with Gasteiger partial charge < -0.3 is 15.3 Å². The van der Waals surface area contributed by atoms with E-state index >= 15 is 0 Å². The Hall–Kier alpha value is -3.08. The summed E-state index contributed by atoms with van der Waals surface area (Å²) in [6.45, 7) is 7.89. The number of hydrogen-bond acceptors (Lipinski definition) is 3. The fourth-order valence-corrected chi connectivity index (χ4v) is 3.17. The SMILES string of the molecule is C/C(=C\CC/C(C)=C/Cc1cc(C(=O)O)ccc1O)CC/C=C(\C)CC/C=C(\C)C(=O)O. The molecule has 3 N–H and O–H groups in total. The van der Waals surface area contributed by atoms with Gasteiger partial charge in [-0.05, 0) is 96.4 Å². The van der Waals surface area contributed by atoms with E-state index in [1.54, 1.807) is 13.0 Å². The van der Waals surface area contributed by atoms with Gasteiger partial charge in [-0.2, -0.15) is 0 Å². The number of carbonyl (C=O) groups is 2. The van der Waals surface area contributed by atoms with Crippen molar-refractivity contribution in [2.45, 2.75) is 72.6 Å². The van der Waals surface area contributed by atoms with Crippen LogP contribution in [0.2, 0.25) is 0 Å². The van der Waals surface area contributed by atoms with E-state index in [2.05, 4.69) is 26.0 Å². The average Bonchev–Trinajstić information content (AvgIpc) is 2.72. The van der Waals surface area contributed by atoms with Gasteiger partial charge in [-0.15, -0.1) is 0 Å². The van der Waals surface area contributed by atoms with Gasteiger partial charge in [0.2, 0.25) is 0 Å². The zero-order valence-electron chi connectivity index (χ0n) is 19.6. The molecule has 0 spiro atoms. The zero-order valence-corrected chi connectivity index (χ0v) is 19.6. The van der Waals surface area contributed by atoms with Crippen LogP contribution in [-0.2, 0) is 11.2 Å². The molecule has 5 nitrogen and oxygen atoms in total. The summed E-state index contributed by atoms with van der Waals surface area (Å²) in [5, 5.41) is 27.9. The van der Waals surface area contributed by atoms with Crippen molar-refractivity contribution in [2.24, 2.45) is 0 Å². The summed E-state index contributed by atoms with van der Waals surface area (Å²) < 4.78 is 0. The predicted octanol–water partition coefficient (Wildman–Crippen LogP) is 6.84. The number of aromatic hydroxyl groups is 1. The molecule has 1 rings (SSSR count). The van der Waals surface area contributed by atoms with Gasteiger partial charge in [-0.3, -0.25) is 0 Å². The lowest BCUT2D eigenvalue weighted by Gasteiger charge is -2.05. The van der Waals surface area contributed by atoms with Gasteiger partial charge in [-0.25, -0.2) is 9.59 Å². The Bertz CT molecular complexity index is 916. The molecule has 0 atom stereocenters. The first-order valence-electron chi connectivity index (χ1n) is 11.0. The van der Waals surface area contributed by atoms with Crippen LogP contribution in [0.5, 0.6) is 5.75 Å². The van der Waals surface area contributed by atoms with Gasteiger partial charge in [-0.1, -0.05) is 41.0 Å². The predicted molar refractivity (Wildman–Crippen MR) is 129 cm³/mol. The molecule has 1 aromatic rings. The quantitative estimate of drug-likeness (QED) is 0.230. The first kappa shape index (κ1) is 27.0. The Morgan fingerprint density at radius 3 is 1.78 bits per heavy atom. The maximum absolute atomic E-state index is 11.1. The van der Waals surface area contributed by atoms with Crippen LogP contribution in [-0.4, -0.2) is 27.3 Å². The Labute approximate surface area is 191 Å². The lowest BCUT2D eigenvalue weighted by Crippen LogP contribution is -1.97. The van der Waals surface area contributed by atoms with Crippen LogP contribution in [0.1, 0.15) is 82.1 Å². The van der Waals surface area contributed by atoms with E-state index in [9.17, 15) is 14.7 Å². The molecule has 0 saturated carbocycles. The number of hydrogen-bond donors (Lipinski definition) is 3. The highest BCUT2D eigenvalue weighted by molar-refractivity contribution is 5.88. The van der Waals surface area contributed by atoms with E-state index in [0.29, 0.717) is 17.6 Å². The van der Waals surface area contributed by atoms with Crippen molar-refractivity contribution in [1.82, 2.24) is 0 Å². The van der Waals surface area contributed by atoms with Crippen molar-refractivity contribution < 1.29 is 24.9 Å². The van der Waals surface area contributed by atoms with Crippen molar-refractivity contribution >= 4 is 11.9 Å². The average molecular weight is 441 g/mol. The summed E-state index contributed by atoms with van der Waals surface area (Å²) >= 11 is 0. The summed E-state index contributed by atoms with van der Waals surface area (Å²) in [5.74, 6) is -1.74. The number of aromatic carboxylic acids is 1. The molecule has 0 amide bonds. The van der Waals surface area contributed by atoms with Crippen LogP contribution in [0.4, 0.5) is 0 Å². The van der Waals surface area contributed by atoms with Gasteiger partial charge >= 0.3 is 11.9 Å². The number of aliphatic carboxylic acids is 1. The number of carboxylic acid groups (broad SMARTS) is 2. The highest BCUT2D eigenvalue weighted by atomic mass is 16.4. The van der Waals surface area contributed by atoms with Crippen LogP contribution >= 0.6 is 0 Å². The largest absolute Gasteiger partial charge is 0.508 e. The lowest BCUT2D eigenvalue weighted by atomic mass is 10.0. The fourth-order valence-electron chi connectivity index (χ4n) is 3.17. The second kappa shape index (κ2) is 14.1. The Morgan fingerprint density at radius 2 is 1.28 bits per heavy atom. The first-order chi connectivity index (χ1) is 15.1. The lowest BCUT2D eigenvalue weighted by molar-refractivity contribution is -0.132. The molecule has 0 aliphatic carbocycles. The minimum absolute atomic E-state index is 0.117. The first-order valence-corrected chi connectivity index (χ1v) is 11.0. The van der Waals surface area contributed by atoms with Crippen molar-refractivity contribution in [1.29, 1.82) is 0 Å². The van der Waals surface area contributed by atoms with Crippen LogP contribution in [0.15, 0.2) is 64.8 Å². The zero-order chi connectivity index (χ0) is 24.1. The topological polar surface area (TPSA) is 94.8 Å². The molecule has 32 heavy (non-hydrogen) atoms. The molecule has 0 aliphatic heterocycles. The fraction of sp³-hybridized carbons (Fsp3) is 0.407. The molecular weight excluding hydrogens is 404 g/mol. The summed E-state index contributed by atoms with van der Waals surface area (Å²) in [6, 6.07) is 4.35. The van der Waals surface area contributed by atoms with Gasteiger partial charge in [0.1, 0.15) is 5.75 Å². The monoisotopic (exact) mass is 440 g/mol. The molecule has 0 fully saturated rings. The summed E-state index contributed by atoms with van der Waals surface area (Å²) in [6.07, 6.45) is 14.3. The molecule has 0 unspecified atom stereocenters. The van der Waals surface area contributed by atoms with Crippen LogP contribution in [0, 0.1) is 0 Å². The Balaban J connectivity index is 2.42. The minimum atomic E-state index is -0.997. The number of rotatable bonds is 13. The summed E-state index contributed by atoms with van der Waals surface area (Å²) in [5.41, 5.74) is 5.02. The minimum Gasteiger partial charge on any atom is -0.508 e. The molecular formula is C27H36O5. The number of benzene rings is 1. The maximum Gasteiger partial charge on any atom is 0.335 e. The van der Waals surface area contributed by atoms with Crippen molar-refractivity contribution in [3.05, 3.63) is 75.9 Å². The van der Waals surface area contributed by atoms with Crippen molar-refractivity contribution in [3.8, 4) is 5.75 Å². The molecule has 0 radical (unpaired) electrons. The molecule has 0 aromatic heterocycles. The molecule has 5 heteroatoms. The van der Waals surface area contributed by atoms with Gasteiger partial charge in [0, 0.05) is 5.57 Å². The number of phenols is 1. The van der Waals surface area contributed by atoms with E-state index in [1.807, 2.05) is 13.0 Å². The summed E-state index contributed by atoms with van der Waals surface area (Å²) in [7, 11) is 0. The molecule has 0 aliphatic rings. The van der Waals surface area contributed by atoms with E-state index in [0.717, 1.165) is 38.5 Å². The molecule has 0 saturated heterocycles. The Morgan fingerprint density at radius 1 is 0.781 bits per heavy atom. The van der Waals surface area contributed by atoms with Gasteiger partial charge in [0.25, 0.3) is 0 Å². The third-order valence-corrected chi connectivity index (χ3v) is 5.39. The second-order valence-electron chi connectivity index (χ2n) is 8.31. The summed E-state index contributed by atoms with van der Waals surface area (Å²) in [4.78, 5) is 21.9. The van der Waals surface area contributed by atoms with Crippen molar-refractivity contribution in [2.75, 3.05) is 0 Å². The molecule has 174 valence electrons. The highest BCUT2D eigenvalue weighted by Crippen LogP contribution is 2.21. The standard InChI is InChI=1S/C27H36O5/c1-19(8-5-9-20(2)12-7-13-22(4)26(29)30)10-6-11-21(3)14-15-23-18-24(27(31)32)16-17-25(23)28/h9-10,13-14,16-18,28H,5-8,11-12,15H2,1-4H3,(H,29,30)(H,31,32)/b19-10+,20-9+,21-14+,22-13+. The third-order valence-electron chi connectivity index (χ3n) is 5.39. The van der Waals surface area contributed by atoms with E-state index in [1.165, 1.54) is 34.9 Å². The van der Waals surface area contributed by atoms with E-state index < -0.39 is 11.9 Å². The van der Waals surface area contributed by atoms with Crippen LogP contribution < -0.4 is 0 Å². The third kappa shape index (κ3) is 10.8. The highest BCUT2D eigenvalue weighted by Gasteiger charge is 2.07. The smallest absolute Gasteiger partial charge is 0.335 e. The second-order valence-corrected chi connectivity index (χ2v) is 8.31. The van der Waals surface area contributed by atoms with Gasteiger partial charge in [0.15, 0.2) is 0 Å². The molecule has 0 bridgehead atoms. The van der Waals surface area contributed by atoms with Crippen LogP contribution in [0.3, 0.4) is 0 Å². The number of phenolic OH excluding ortho intramolecular Hbond substituents is 1. The number of carboxylic acids is 2. The normalized spacial score (nSPS) is 13.4. The molecule has 1 aromatic carbocycles. The molecule has 0 heterocycles. The Kier molecular flexibility index (Phi) is 11.9. The van der Waals surface area contributed by atoms with Crippen LogP contribution in [0.25, 0.3) is 0 Å². The van der Waals surface area contributed by atoms with Crippen molar-refractivity contribution in [3.63, 3.8) is 0 Å². The van der Waals surface area contributed by atoms with E-state index in [4.69, 9.17) is 10.2 Å².